The fraction of sp³-hybridized carbons (Fsp3) is 0.0690. The van der Waals surface area contributed by atoms with Crippen LogP contribution in [0.2, 0.25) is 0 Å². The second-order valence-electron chi connectivity index (χ2n) is 8.37. The summed E-state index contributed by atoms with van der Waals surface area (Å²) in [5.74, 6) is -1.06. The zero-order valence-corrected chi connectivity index (χ0v) is 23.0. The molecule has 0 aromatic heterocycles. The van der Waals surface area contributed by atoms with Gasteiger partial charge in [-0.1, -0.05) is 54.6 Å². The highest BCUT2D eigenvalue weighted by atomic mass is 127. The van der Waals surface area contributed by atoms with E-state index >= 15 is 0 Å². The van der Waals surface area contributed by atoms with Gasteiger partial charge in [-0.3, -0.25) is 14.9 Å². The molecule has 1 heterocycles. The first-order valence-corrected chi connectivity index (χ1v) is 13.0. The number of benzene rings is 4. The van der Waals surface area contributed by atoms with Crippen molar-refractivity contribution in [2.45, 2.75) is 6.61 Å². The van der Waals surface area contributed by atoms with Crippen molar-refractivity contribution in [3.05, 3.63) is 105 Å². The fourth-order valence-corrected chi connectivity index (χ4v) is 5.26. The summed E-state index contributed by atoms with van der Waals surface area (Å²) < 4.78 is 26.9. The summed E-state index contributed by atoms with van der Waals surface area (Å²) in [4.78, 5) is 26.9. The van der Waals surface area contributed by atoms with E-state index < -0.39 is 17.6 Å². The van der Waals surface area contributed by atoms with Crippen LogP contribution in [0.5, 0.6) is 11.5 Å². The van der Waals surface area contributed by atoms with Gasteiger partial charge in [-0.2, -0.15) is 0 Å². The van der Waals surface area contributed by atoms with E-state index in [1.807, 2.05) is 42.5 Å². The number of carbonyl (C=O) groups excluding carboxylic acids is 2. The summed E-state index contributed by atoms with van der Waals surface area (Å²) in [5, 5.41) is 4.50. The molecular weight excluding hydrogens is 618 g/mol. The molecule has 1 aliphatic rings. The van der Waals surface area contributed by atoms with Crippen LogP contribution in [0.25, 0.3) is 16.8 Å². The van der Waals surface area contributed by atoms with Crippen molar-refractivity contribution in [2.24, 2.45) is 0 Å². The number of nitrogens with zero attached hydrogens (tertiary/aromatic N) is 1. The summed E-state index contributed by atoms with van der Waals surface area (Å²) in [5.41, 5.74) is 1.33. The molecule has 1 saturated heterocycles. The second-order valence-corrected chi connectivity index (χ2v) is 9.92. The van der Waals surface area contributed by atoms with E-state index in [4.69, 9.17) is 21.7 Å². The van der Waals surface area contributed by atoms with Crippen LogP contribution in [0, 0.1) is 9.39 Å². The van der Waals surface area contributed by atoms with Crippen LogP contribution in [-0.4, -0.2) is 24.0 Å². The van der Waals surface area contributed by atoms with Gasteiger partial charge >= 0.3 is 0 Å². The minimum atomic E-state index is -0.728. The number of hydrogen-bond donors (Lipinski definition) is 1. The predicted molar refractivity (Wildman–Crippen MR) is 157 cm³/mol. The molecule has 0 aliphatic carbocycles. The summed E-state index contributed by atoms with van der Waals surface area (Å²) >= 11 is 7.28. The van der Waals surface area contributed by atoms with E-state index in [0.29, 0.717) is 23.7 Å². The number of anilines is 1. The van der Waals surface area contributed by atoms with Crippen LogP contribution in [-0.2, 0) is 16.2 Å². The van der Waals surface area contributed by atoms with E-state index in [2.05, 4.69) is 27.9 Å². The maximum Gasteiger partial charge on any atom is 0.270 e. The van der Waals surface area contributed by atoms with E-state index in [9.17, 15) is 14.0 Å². The molecule has 1 N–H and O–H groups in total. The number of fused-ring (bicyclic) bond motifs is 1. The highest BCUT2D eigenvalue weighted by Crippen LogP contribution is 2.36. The normalized spacial score (nSPS) is 14.7. The molecule has 0 unspecified atom stereocenters. The number of para-hydroxylation sites is 1. The second kappa shape index (κ2) is 10.9. The monoisotopic (exact) mass is 638 g/mol. The average Bonchev–Trinajstić information content (AvgIpc) is 2.91. The highest BCUT2D eigenvalue weighted by molar-refractivity contribution is 14.1. The predicted octanol–water partition coefficient (Wildman–Crippen LogP) is 6.00. The molecule has 5 rings (SSSR count). The third kappa shape index (κ3) is 4.99. The van der Waals surface area contributed by atoms with Crippen LogP contribution in [0.1, 0.15) is 11.1 Å². The zero-order chi connectivity index (χ0) is 26.8. The van der Waals surface area contributed by atoms with Gasteiger partial charge in [0.15, 0.2) is 16.6 Å². The number of halogens is 2. The largest absolute Gasteiger partial charge is 0.493 e. The molecule has 4 aromatic carbocycles. The van der Waals surface area contributed by atoms with Gasteiger partial charge in [0.2, 0.25) is 0 Å². The fourth-order valence-electron chi connectivity index (χ4n) is 4.21. The number of ether oxygens (including phenoxy) is 2. The third-order valence-corrected chi connectivity index (χ3v) is 7.10. The molecule has 0 spiro atoms. The molecule has 2 amide bonds. The summed E-state index contributed by atoms with van der Waals surface area (Å²) in [6.07, 6.45) is 1.42. The summed E-state index contributed by atoms with van der Waals surface area (Å²) in [7, 11) is 1.52. The number of thiocarbonyl (C=S) groups is 1. The molecule has 38 heavy (non-hydrogen) atoms. The Labute approximate surface area is 237 Å². The lowest BCUT2D eigenvalue weighted by Crippen LogP contribution is -2.54. The van der Waals surface area contributed by atoms with Crippen molar-refractivity contribution in [2.75, 3.05) is 12.0 Å². The molecule has 9 heteroatoms. The smallest absolute Gasteiger partial charge is 0.270 e. The lowest BCUT2D eigenvalue weighted by Gasteiger charge is -2.29. The van der Waals surface area contributed by atoms with Crippen molar-refractivity contribution in [1.29, 1.82) is 0 Å². The first kappa shape index (κ1) is 25.8. The number of amides is 2. The van der Waals surface area contributed by atoms with E-state index in [-0.39, 0.29) is 16.4 Å². The van der Waals surface area contributed by atoms with Gasteiger partial charge in [-0.05, 0) is 87.0 Å². The Balaban J connectivity index is 1.45. The van der Waals surface area contributed by atoms with Gasteiger partial charge in [0, 0.05) is 0 Å². The Morgan fingerprint density at radius 1 is 1.03 bits per heavy atom. The molecule has 6 nitrogen and oxygen atoms in total. The van der Waals surface area contributed by atoms with Gasteiger partial charge in [0.25, 0.3) is 11.8 Å². The van der Waals surface area contributed by atoms with Gasteiger partial charge < -0.3 is 9.47 Å². The third-order valence-electron chi connectivity index (χ3n) is 6.01. The van der Waals surface area contributed by atoms with Gasteiger partial charge in [0.1, 0.15) is 18.0 Å². The Kier molecular flexibility index (Phi) is 7.39. The molecule has 4 aromatic rings. The Morgan fingerprint density at radius 3 is 2.55 bits per heavy atom. The van der Waals surface area contributed by atoms with Crippen molar-refractivity contribution in [3.63, 3.8) is 0 Å². The van der Waals surface area contributed by atoms with Crippen LogP contribution in [0.4, 0.5) is 10.1 Å². The topological polar surface area (TPSA) is 67.9 Å². The number of rotatable bonds is 6. The molecule has 0 radical (unpaired) electrons. The first-order chi connectivity index (χ1) is 18.4. The SMILES string of the molecule is COc1cc(/C=C2\C(=O)NC(=S)N(c3ccccc3F)C2=O)cc(I)c1OCc1cccc2ccccc12. The zero-order valence-electron chi connectivity index (χ0n) is 20.0. The molecule has 1 aliphatic heterocycles. The number of carbonyl (C=O) groups is 2. The maximum atomic E-state index is 14.4. The lowest BCUT2D eigenvalue weighted by molar-refractivity contribution is -0.122. The van der Waals surface area contributed by atoms with Gasteiger partial charge in [-0.15, -0.1) is 0 Å². The van der Waals surface area contributed by atoms with Crippen LogP contribution >= 0.6 is 34.8 Å². The van der Waals surface area contributed by atoms with Crippen molar-refractivity contribution < 1.29 is 23.5 Å². The molecular formula is C29H20FIN2O4S. The first-order valence-electron chi connectivity index (χ1n) is 11.5. The Bertz CT molecular complexity index is 1630. The molecule has 190 valence electrons. The number of nitrogens with one attached hydrogen (secondary N) is 1. The summed E-state index contributed by atoms with van der Waals surface area (Å²) in [6, 6.07) is 23.3. The number of hydrogen-bond acceptors (Lipinski definition) is 5. The lowest BCUT2D eigenvalue weighted by atomic mass is 10.1. The molecule has 0 saturated carbocycles. The Morgan fingerprint density at radius 2 is 1.76 bits per heavy atom. The average molecular weight is 638 g/mol. The van der Waals surface area contributed by atoms with Crippen LogP contribution in [0.3, 0.4) is 0 Å². The maximum absolute atomic E-state index is 14.4. The minimum absolute atomic E-state index is 0.0438. The quantitative estimate of drug-likeness (QED) is 0.122. The molecule has 1 fully saturated rings. The Hall–Kier alpha value is -3.83. The van der Waals surface area contributed by atoms with E-state index in [1.54, 1.807) is 18.2 Å². The number of methoxy groups -OCH3 is 1. The highest BCUT2D eigenvalue weighted by Gasteiger charge is 2.35. The summed E-state index contributed by atoms with van der Waals surface area (Å²) in [6.45, 7) is 0.323. The van der Waals surface area contributed by atoms with Crippen LogP contribution < -0.4 is 19.7 Å². The van der Waals surface area contributed by atoms with Gasteiger partial charge in [0.05, 0.1) is 16.4 Å². The van der Waals surface area contributed by atoms with Crippen molar-refractivity contribution in [3.8, 4) is 11.5 Å². The molecule has 0 atom stereocenters. The minimum Gasteiger partial charge on any atom is -0.493 e. The van der Waals surface area contributed by atoms with E-state index in [1.165, 1.54) is 31.4 Å². The van der Waals surface area contributed by atoms with Crippen molar-refractivity contribution >= 4 is 74.3 Å². The standard InChI is InChI=1S/C29H20FIN2O4S/c1-36-25-15-17(13-21-27(34)32-29(38)33(28(21)35)24-12-5-4-11-22(24)30)14-23(31)26(25)37-16-19-9-6-8-18-7-2-3-10-20(18)19/h2-15H,16H2,1H3,(H,32,34,38)/b21-13+. The van der Waals surface area contributed by atoms with Gasteiger partial charge in [-0.25, -0.2) is 9.29 Å². The molecule has 0 bridgehead atoms. The van der Waals surface area contributed by atoms with E-state index in [0.717, 1.165) is 24.8 Å². The van der Waals surface area contributed by atoms with Crippen LogP contribution in [0.15, 0.2) is 84.4 Å². The van der Waals surface area contributed by atoms with Crippen molar-refractivity contribution in [1.82, 2.24) is 5.32 Å².